The van der Waals surface area contributed by atoms with Crippen LogP contribution in [0, 0.1) is 0 Å². The Morgan fingerprint density at radius 1 is 0.902 bits per heavy atom. The third-order valence-corrected chi connectivity index (χ3v) is 7.02. The van der Waals surface area contributed by atoms with Crippen LogP contribution in [0.2, 0.25) is 0 Å². The quantitative estimate of drug-likeness (QED) is 0.275. The molecule has 0 bridgehead atoms. The molecular weight excluding hydrogens is 569 g/mol. The van der Waals surface area contributed by atoms with Crippen molar-refractivity contribution in [3.63, 3.8) is 0 Å². The van der Waals surface area contributed by atoms with Crippen molar-refractivity contribution >= 4 is 30.8 Å². The zero-order valence-corrected chi connectivity index (χ0v) is 26.2. The summed E-state index contributed by atoms with van der Waals surface area (Å²) in [7, 11) is 4.42. The van der Waals surface area contributed by atoms with Crippen LogP contribution in [-0.2, 0) is 16.1 Å². The molecule has 1 heterocycles. The lowest BCUT2D eigenvalue weighted by Crippen LogP contribution is -2.34. The van der Waals surface area contributed by atoms with Crippen molar-refractivity contribution in [3.8, 4) is 17.2 Å². The second-order valence-corrected chi connectivity index (χ2v) is 9.72. The largest absolute Gasteiger partial charge is 0.493 e. The number of rotatable bonds is 16. The first-order chi connectivity index (χ1) is 19.1. The number of halogens is 2. The van der Waals surface area contributed by atoms with Crippen LogP contribution in [0.4, 0.5) is 0 Å². The molecule has 2 aromatic rings. The molecule has 232 valence electrons. The van der Waals surface area contributed by atoms with Crippen LogP contribution in [0.5, 0.6) is 17.2 Å². The van der Waals surface area contributed by atoms with Crippen LogP contribution in [-0.4, -0.2) is 95.6 Å². The Balaban J connectivity index is 0.00000420. The maximum atomic E-state index is 12.2. The standard InChI is InChI=1S/C30H45N3O6.2ClH/c1-35-27-21-25(30(34)37-3)22-28(29(27)36-2)38-20-12-26(39-23-24-9-5-4-6-10-24)11-17-33-16-8-15-32(18-19-33)14-7-13-31;;/h4-6,9-10,21-22,26H,7-8,11-20,23,31H2,1-3H3;2*1H/t26-;;/m0../s1. The second kappa shape index (κ2) is 20.6. The summed E-state index contributed by atoms with van der Waals surface area (Å²) in [5, 5.41) is 0. The topological polar surface area (TPSA) is 95.7 Å². The van der Waals surface area contributed by atoms with Crippen molar-refractivity contribution in [3.05, 3.63) is 53.6 Å². The number of nitrogens with two attached hydrogens (primary N) is 1. The minimum atomic E-state index is -0.469. The number of methoxy groups -OCH3 is 3. The number of ether oxygens (including phenoxy) is 5. The van der Waals surface area contributed by atoms with E-state index in [4.69, 9.17) is 29.4 Å². The molecule has 0 radical (unpaired) electrons. The summed E-state index contributed by atoms with van der Waals surface area (Å²) >= 11 is 0. The maximum absolute atomic E-state index is 12.2. The molecule has 1 atom stereocenters. The van der Waals surface area contributed by atoms with Gasteiger partial charge in [0.05, 0.1) is 46.2 Å². The van der Waals surface area contributed by atoms with E-state index in [0.29, 0.717) is 42.4 Å². The zero-order valence-electron chi connectivity index (χ0n) is 24.5. The number of benzene rings is 2. The third-order valence-electron chi connectivity index (χ3n) is 7.02. The van der Waals surface area contributed by atoms with Crippen LogP contribution in [0.3, 0.4) is 0 Å². The number of hydrogen-bond donors (Lipinski definition) is 1. The first-order valence-corrected chi connectivity index (χ1v) is 13.8. The van der Waals surface area contributed by atoms with Gasteiger partial charge in [0.25, 0.3) is 0 Å². The number of carbonyl (C=O) groups is 1. The van der Waals surface area contributed by atoms with E-state index in [0.717, 1.165) is 64.2 Å². The Kier molecular flexibility index (Phi) is 18.5. The molecule has 11 heteroatoms. The molecule has 3 rings (SSSR count). The van der Waals surface area contributed by atoms with E-state index in [1.165, 1.54) is 20.6 Å². The fraction of sp³-hybridized carbons (Fsp3) is 0.567. The van der Waals surface area contributed by atoms with Gasteiger partial charge in [-0.25, -0.2) is 4.79 Å². The van der Waals surface area contributed by atoms with Crippen LogP contribution in [0.25, 0.3) is 0 Å². The van der Waals surface area contributed by atoms with E-state index < -0.39 is 5.97 Å². The van der Waals surface area contributed by atoms with Gasteiger partial charge < -0.3 is 39.2 Å². The van der Waals surface area contributed by atoms with E-state index in [2.05, 4.69) is 21.9 Å². The highest BCUT2D eigenvalue weighted by Crippen LogP contribution is 2.38. The molecular formula is C30H47Cl2N3O6. The smallest absolute Gasteiger partial charge is 0.338 e. The van der Waals surface area contributed by atoms with Crippen molar-refractivity contribution in [2.45, 2.75) is 38.4 Å². The lowest BCUT2D eigenvalue weighted by molar-refractivity contribution is 0.0149. The van der Waals surface area contributed by atoms with Gasteiger partial charge in [0.1, 0.15) is 0 Å². The number of esters is 1. The molecule has 0 aliphatic carbocycles. The zero-order chi connectivity index (χ0) is 27.9. The fourth-order valence-electron chi connectivity index (χ4n) is 4.79. The Morgan fingerprint density at radius 3 is 2.22 bits per heavy atom. The first kappa shape index (κ1) is 36.8. The lowest BCUT2D eigenvalue weighted by atomic mass is 10.1. The van der Waals surface area contributed by atoms with Gasteiger partial charge in [-0.2, -0.15) is 0 Å². The highest BCUT2D eigenvalue weighted by atomic mass is 35.5. The van der Waals surface area contributed by atoms with Crippen molar-refractivity contribution in [1.29, 1.82) is 0 Å². The van der Waals surface area contributed by atoms with Gasteiger partial charge in [-0.05, 0) is 63.1 Å². The monoisotopic (exact) mass is 615 g/mol. The molecule has 2 N–H and O–H groups in total. The van der Waals surface area contributed by atoms with Crippen LogP contribution in [0.15, 0.2) is 42.5 Å². The van der Waals surface area contributed by atoms with Gasteiger partial charge in [0.2, 0.25) is 5.75 Å². The molecule has 1 aliphatic rings. The fourth-order valence-corrected chi connectivity index (χ4v) is 4.79. The van der Waals surface area contributed by atoms with Crippen LogP contribution in [0.1, 0.15) is 41.6 Å². The SMILES string of the molecule is COC(=O)c1cc(OC)c(OC)c(OCC[C@H](CCN2CCCN(CCCN)CC2)OCc2ccccc2)c1.Cl.Cl. The molecule has 0 unspecified atom stereocenters. The summed E-state index contributed by atoms with van der Waals surface area (Å²) in [5.41, 5.74) is 7.18. The molecule has 1 aliphatic heterocycles. The summed E-state index contributed by atoms with van der Waals surface area (Å²) in [6, 6.07) is 13.4. The average molecular weight is 617 g/mol. The summed E-state index contributed by atoms with van der Waals surface area (Å²) < 4.78 is 28.3. The molecule has 9 nitrogen and oxygen atoms in total. The predicted octanol–water partition coefficient (Wildman–Crippen LogP) is 4.43. The van der Waals surface area contributed by atoms with Gasteiger partial charge in [0, 0.05) is 26.1 Å². The Morgan fingerprint density at radius 2 is 1.59 bits per heavy atom. The summed E-state index contributed by atoms with van der Waals surface area (Å²) in [5.74, 6) is 0.817. The minimum Gasteiger partial charge on any atom is -0.493 e. The third kappa shape index (κ3) is 12.2. The van der Waals surface area contributed by atoms with Crippen molar-refractivity contribution < 1.29 is 28.5 Å². The maximum Gasteiger partial charge on any atom is 0.338 e. The number of hydrogen-bond acceptors (Lipinski definition) is 9. The van der Waals surface area contributed by atoms with E-state index in [1.54, 1.807) is 19.2 Å². The Hall–Kier alpha value is -2.27. The Bertz CT molecular complexity index is 1000. The van der Waals surface area contributed by atoms with Gasteiger partial charge >= 0.3 is 5.97 Å². The summed E-state index contributed by atoms with van der Waals surface area (Å²) in [4.78, 5) is 17.2. The first-order valence-electron chi connectivity index (χ1n) is 13.8. The van der Waals surface area contributed by atoms with Crippen molar-refractivity contribution in [2.75, 3.05) is 73.7 Å². The second-order valence-electron chi connectivity index (χ2n) is 9.72. The van der Waals surface area contributed by atoms with E-state index in [-0.39, 0.29) is 30.9 Å². The molecule has 41 heavy (non-hydrogen) atoms. The molecule has 1 saturated heterocycles. The highest BCUT2D eigenvalue weighted by Gasteiger charge is 2.20. The van der Waals surface area contributed by atoms with Gasteiger partial charge in [-0.3, -0.25) is 0 Å². The van der Waals surface area contributed by atoms with Gasteiger partial charge in [-0.15, -0.1) is 24.8 Å². The Labute approximate surface area is 257 Å². The minimum absolute atomic E-state index is 0. The molecule has 0 amide bonds. The van der Waals surface area contributed by atoms with Crippen LogP contribution < -0.4 is 19.9 Å². The van der Waals surface area contributed by atoms with Gasteiger partial charge in [-0.1, -0.05) is 30.3 Å². The van der Waals surface area contributed by atoms with Crippen LogP contribution >= 0.6 is 24.8 Å². The van der Waals surface area contributed by atoms with E-state index >= 15 is 0 Å². The predicted molar refractivity (Wildman–Crippen MR) is 166 cm³/mol. The molecule has 0 aromatic heterocycles. The number of carbonyl (C=O) groups excluding carboxylic acids is 1. The van der Waals surface area contributed by atoms with E-state index in [1.807, 2.05) is 18.2 Å². The van der Waals surface area contributed by atoms with Crippen molar-refractivity contribution in [2.24, 2.45) is 5.73 Å². The summed E-state index contributed by atoms with van der Waals surface area (Å²) in [6.07, 6.45) is 3.83. The summed E-state index contributed by atoms with van der Waals surface area (Å²) in [6.45, 7) is 8.11. The van der Waals surface area contributed by atoms with E-state index in [9.17, 15) is 4.79 Å². The molecule has 0 spiro atoms. The lowest BCUT2D eigenvalue weighted by Gasteiger charge is -2.25. The normalized spacial score (nSPS) is 14.6. The van der Waals surface area contributed by atoms with Gasteiger partial charge in [0.15, 0.2) is 11.5 Å². The molecule has 0 saturated carbocycles. The average Bonchev–Trinajstić information content (AvgIpc) is 3.21. The molecule has 1 fully saturated rings. The number of nitrogens with zero attached hydrogens (tertiary/aromatic N) is 2. The highest BCUT2D eigenvalue weighted by molar-refractivity contribution is 5.91. The van der Waals surface area contributed by atoms with Crippen molar-refractivity contribution in [1.82, 2.24) is 9.80 Å². The molecule has 2 aromatic carbocycles.